The van der Waals surface area contributed by atoms with E-state index in [1.54, 1.807) is 0 Å². The average Bonchev–Trinajstić information content (AvgIpc) is 2.26. The van der Waals surface area contributed by atoms with Gasteiger partial charge in [0.25, 0.3) is 0 Å². The fourth-order valence-electron chi connectivity index (χ4n) is 2.47. The van der Waals surface area contributed by atoms with Gasteiger partial charge in [-0.05, 0) is 63.6 Å². The van der Waals surface area contributed by atoms with E-state index in [4.69, 9.17) is 4.74 Å². The first-order chi connectivity index (χ1) is 7.75. The van der Waals surface area contributed by atoms with Gasteiger partial charge in [-0.15, -0.1) is 0 Å². The molecule has 1 heterocycles. The molecule has 1 N–H and O–H groups in total. The first-order valence-electron chi connectivity index (χ1n) is 6.26. The molecule has 0 saturated heterocycles. The second-order valence-electron chi connectivity index (χ2n) is 5.84. The van der Waals surface area contributed by atoms with E-state index >= 15 is 0 Å². The van der Waals surface area contributed by atoms with Gasteiger partial charge in [0.15, 0.2) is 0 Å². The van der Waals surface area contributed by atoms with Gasteiger partial charge in [0.2, 0.25) is 0 Å². The molecule has 0 aromatic heterocycles. The number of phenols is 1. The zero-order chi connectivity index (χ0) is 13.0. The Kier molecular flexibility index (Phi) is 2.64. The Morgan fingerprint density at radius 2 is 1.71 bits per heavy atom. The Labute approximate surface area is 104 Å². The van der Waals surface area contributed by atoms with E-state index in [9.17, 15) is 5.11 Å². The Morgan fingerprint density at radius 1 is 1.12 bits per heavy atom. The molecule has 1 aromatic rings. The summed E-state index contributed by atoms with van der Waals surface area (Å²) in [6, 6.07) is 0. The molecule has 2 rings (SSSR count). The van der Waals surface area contributed by atoms with Crippen LogP contribution in [0.5, 0.6) is 11.5 Å². The summed E-state index contributed by atoms with van der Waals surface area (Å²) in [6.07, 6.45) is 0.975. The molecule has 0 radical (unpaired) electrons. The van der Waals surface area contributed by atoms with Crippen LogP contribution in [0.4, 0.5) is 0 Å². The molecule has 1 aliphatic rings. The van der Waals surface area contributed by atoms with Gasteiger partial charge in [-0.3, -0.25) is 0 Å². The van der Waals surface area contributed by atoms with Gasteiger partial charge >= 0.3 is 0 Å². The van der Waals surface area contributed by atoms with Gasteiger partial charge < -0.3 is 9.84 Å². The molecule has 17 heavy (non-hydrogen) atoms. The van der Waals surface area contributed by atoms with Gasteiger partial charge in [-0.2, -0.15) is 0 Å². The summed E-state index contributed by atoms with van der Waals surface area (Å²) in [7, 11) is 0. The van der Waals surface area contributed by atoms with Gasteiger partial charge in [0.05, 0.1) is 0 Å². The van der Waals surface area contributed by atoms with Crippen LogP contribution in [-0.4, -0.2) is 10.7 Å². The highest BCUT2D eigenvalue weighted by molar-refractivity contribution is 5.58. The smallest absolute Gasteiger partial charge is 0.127 e. The lowest BCUT2D eigenvalue weighted by Crippen LogP contribution is -2.41. The van der Waals surface area contributed by atoms with E-state index in [0.717, 1.165) is 28.9 Å². The van der Waals surface area contributed by atoms with Gasteiger partial charge in [0, 0.05) is 5.56 Å². The van der Waals surface area contributed by atoms with Crippen LogP contribution < -0.4 is 4.74 Å². The van der Waals surface area contributed by atoms with Crippen molar-refractivity contribution in [2.75, 3.05) is 0 Å². The topological polar surface area (TPSA) is 29.5 Å². The molecule has 0 spiro atoms. The van der Waals surface area contributed by atoms with Crippen LogP contribution in [0.2, 0.25) is 0 Å². The van der Waals surface area contributed by atoms with Crippen molar-refractivity contribution in [1.29, 1.82) is 0 Å². The Balaban J connectivity index is 2.67. The van der Waals surface area contributed by atoms with Crippen LogP contribution >= 0.6 is 0 Å². The largest absolute Gasteiger partial charge is 0.507 e. The number of benzene rings is 1. The predicted molar refractivity (Wildman–Crippen MR) is 69.9 cm³/mol. The third-order valence-electron chi connectivity index (χ3n) is 4.40. The summed E-state index contributed by atoms with van der Waals surface area (Å²) in [5.41, 5.74) is 4.03. The van der Waals surface area contributed by atoms with E-state index in [1.165, 1.54) is 5.56 Å². The number of rotatable bonds is 0. The summed E-state index contributed by atoms with van der Waals surface area (Å²) in [5.74, 6) is 1.87. The van der Waals surface area contributed by atoms with Gasteiger partial charge in [-0.25, -0.2) is 0 Å². The standard InChI is InChI=1S/C15H22O2/c1-8-7-12-11(4)13(16)9(2)10(3)14(12)17-15(8,5)6/h8,16H,7H2,1-6H3. The monoisotopic (exact) mass is 234 g/mol. The lowest BCUT2D eigenvalue weighted by atomic mass is 9.81. The van der Waals surface area contributed by atoms with Crippen molar-refractivity contribution >= 4 is 0 Å². The molecule has 0 aliphatic carbocycles. The molecule has 0 bridgehead atoms. The van der Waals surface area contributed by atoms with Crippen molar-refractivity contribution in [3.8, 4) is 11.5 Å². The van der Waals surface area contributed by atoms with Crippen LogP contribution in [0.25, 0.3) is 0 Å². The molecule has 0 saturated carbocycles. The first kappa shape index (κ1) is 12.3. The molecule has 0 fully saturated rings. The van der Waals surface area contributed by atoms with E-state index < -0.39 is 0 Å². The lowest BCUT2D eigenvalue weighted by Gasteiger charge is -2.40. The summed E-state index contributed by atoms with van der Waals surface area (Å²) in [5, 5.41) is 10.1. The van der Waals surface area contributed by atoms with Crippen LogP contribution in [0, 0.1) is 26.7 Å². The summed E-state index contributed by atoms with van der Waals surface area (Å²) >= 11 is 0. The van der Waals surface area contributed by atoms with E-state index in [0.29, 0.717) is 11.7 Å². The minimum atomic E-state index is -0.131. The van der Waals surface area contributed by atoms with Gasteiger partial charge in [0.1, 0.15) is 17.1 Å². The maximum absolute atomic E-state index is 10.1. The van der Waals surface area contributed by atoms with Crippen molar-refractivity contribution in [1.82, 2.24) is 0 Å². The summed E-state index contributed by atoms with van der Waals surface area (Å²) in [4.78, 5) is 0. The Bertz CT molecular complexity index is 473. The third kappa shape index (κ3) is 1.70. The number of hydrogen-bond acceptors (Lipinski definition) is 2. The minimum absolute atomic E-state index is 0.131. The van der Waals surface area contributed by atoms with Crippen molar-refractivity contribution in [3.63, 3.8) is 0 Å². The van der Waals surface area contributed by atoms with Crippen molar-refractivity contribution < 1.29 is 9.84 Å². The fraction of sp³-hybridized carbons (Fsp3) is 0.600. The lowest BCUT2D eigenvalue weighted by molar-refractivity contribution is 0.0342. The summed E-state index contributed by atoms with van der Waals surface area (Å²) < 4.78 is 6.17. The second kappa shape index (κ2) is 3.66. The SMILES string of the molecule is Cc1c(C)c2c(c(C)c1O)CC(C)C(C)(C)O2. The maximum Gasteiger partial charge on any atom is 0.127 e. The maximum atomic E-state index is 10.1. The molecule has 1 atom stereocenters. The number of fused-ring (bicyclic) bond motifs is 1. The zero-order valence-corrected chi connectivity index (χ0v) is 11.6. The highest BCUT2D eigenvalue weighted by atomic mass is 16.5. The van der Waals surface area contributed by atoms with Crippen LogP contribution in [0.3, 0.4) is 0 Å². The molecule has 0 amide bonds. The summed E-state index contributed by atoms with van der Waals surface area (Å²) in [6.45, 7) is 12.4. The number of ether oxygens (including phenoxy) is 1. The van der Waals surface area contributed by atoms with E-state index in [1.807, 2.05) is 20.8 Å². The van der Waals surface area contributed by atoms with Crippen molar-refractivity contribution in [2.45, 2.75) is 53.6 Å². The van der Waals surface area contributed by atoms with Crippen molar-refractivity contribution in [2.24, 2.45) is 5.92 Å². The molecule has 1 unspecified atom stereocenters. The molecule has 2 nitrogen and oxygen atoms in total. The number of hydrogen-bond donors (Lipinski definition) is 1. The van der Waals surface area contributed by atoms with E-state index in [2.05, 4.69) is 20.8 Å². The first-order valence-corrected chi connectivity index (χ1v) is 6.26. The fourth-order valence-corrected chi connectivity index (χ4v) is 2.47. The zero-order valence-electron chi connectivity index (χ0n) is 11.6. The molecule has 1 aliphatic heterocycles. The molecular weight excluding hydrogens is 212 g/mol. The highest BCUT2D eigenvalue weighted by Gasteiger charge is 2.36. The third-order valence-corrected chi connectivity index (χ3v) is 4.40. The molecule has 2 heteroatoms. The molecule has 1 aromatic carbocycles. The van der Waals surface area contributed by atoms with Crippen molar-refractivity contribution in [3.05, 3.63) is 22.3 Å². The van der Waals surface area contributed by atoms with Crippen LogP contribution in [0.15, 0.2) is 0 Å². The Morgan fingerprint density at radius 3 is 2.29 bits per heavy atom. The van der Waals surface area contributed by atoms with Gasteiger partial charge in [-0.1, -0.05) is 6.92 Å². The highest BCUT2D eigenvalue weighted by Crippen LogP contribution is 2.44. The quantitative estimate of drug-likeness (QED) is 0.742. The molecule has 94 valence electrons. The van der Waals surface area contributed by atoms with Crippen LogP contribution in [-0.2, 0) is 6.42 Å². The Hall–Kier alpha value is -1.18. The second-order valence-corrected chi connectivity index (χ2v) is 5.84. The molecular formula is C15H22O2. The van der Waals surface area contributed by atoms with Crippen LogP contribution in [0.1, 0.15) is 43.0 Å². The average molecular weight is 234 g/mol. The minimum Gasteiger partial charge on any atom is -0.507 e. The predicted octanol–water partition coefficient (Wildman–Crippen LogP) is 3.67. The number of phenolic OH excluding ortho intramolecular Hbond substituents is 1. The number of aromatic hydroxyl groups is 1. The normalized spacial score (nSPS) is 21.9. The van der Waals surface area contributed by atoms with E-state index in [-0.39, 0.29) is 5.60 Å².